The second-order valence-electron chi connectivity index (χ2n) is 9.00. The van der Waals surface area contributed by atoms with Crippen molar-refractivity contribution in [2.24, 2.45) is 5.92 Å². The summed E-state index contributed by atoms with van der Waals surface area (Å²) in [6.45, 7) is 6.34. The molecule has 1 saturated heterocycles. The van der Waals surface area contributed by atoms with E-state index in [-0.39, 0.29) is 33.9 Å². The van der Waals surface area contributed by atoms with Crippen LogP contribution in [0.2, 0.25) is 0 Å². The van der Waals surface area contributed by atoms with E-state index >= 15 is 0 Å². The highest BCUT2D eigenvalue weighted by Gasteiger charge is 2.37. The van der Waals surface area contributed by atoms with Gasteiger partial charge in [0.25, 0.3) is 5.56 Å². The van der Waals surface area contributed by atoms with Gasteiger partial charge in [-0.3, -0.25) is 4.79 Å². The normalized spacial score (nSPS) is 19.4. The first kappa shape index (κ1) is 23.3. The van der Waals surface area contributed by atoms with E-state index < -0.39 is 10.0 Å². The minimum atomic E-state index is -3.56. The molecule has 0 aliphatic carbocycles. The van der Waals surface area contributed by atoms with E-state index in [1.165, 1.54) is 4.31 Å². The number of sulfonamides is 1. The molecule has 35 heavy (non-hydrogen) atoms. The average Bonchev–Trinajstić information content (AvgIpc) is 3.30. The summed E-state index contributed by atoms with van der Waals surface area (Å²) in [7, 11) is -3.56. The molecule has 0 amide bonds. The number of hydrogen-bond donors (Lipinski definition) is 0. The smallest absolute Gasteiger partial charge is 0.250 e. The van der Waals surface area contributed by atoms with Crippen molar-refractivity contribution in [3.63, 3.8) is 0 Å². The molecule has 10 heteroatoms. The molecule has 2 aliphatic rings. The summed E-state index contributed by atoms with van der Waals surface area (Å²) >= 11 is 0. The number of piperidine rings is 1. The van der Waals surface area contributed by atoms with E-state index in [0.29, 0.717) is 44.2 Å². The molecule has 182 valence electrons. The molecule has 2 atom stereocenters. The number of pyridine rings is 1. The molecular weight excluding hydrogens is 466 g/mol. The van der Waals surface area contributed by atoms with Crippen LogP contribution in [0.15, 0.2) is 56.6 Å². The maximum Gasteiger partial charge on any atom is 0.250 e. The summed E-state index contributed by atoms with van der Waals surface area (Å²) in [6, 6.07) is 13.9. The van der Waals surface area contributed by atoms with Gasteiger partial charge in [0.15, 0.2) is 0 Å². The number of oxazole rings is 1. The summed E-state index contributed by atoms with van der Waals surface area (Å²) in [5.41, 5.74) is 1.84. The summed E-state index contributed by atoms with van der Waals surface area (Å²) < 4.78 is 34.9. The molecule has 5 rings (SSSR count). The number of nitriles is 1. The van der Waals surface area contributed by atoms with Crippen LogP contribution in [0.4, 0.5) is 5.88 Å². The van der Waals surface area contributed by atoms with Gasteiger partial charge in [0.2, 0.25) is 27.5 Å². The minimum Gasteiger partial charge on any atom is -0.419 e. The highest BCUT2D eigenvalue weighted by atomic mass is 32.2. The van der Waals surface area contributed by atoms with Crippen LogP contribution < -0.4 is 10.5 Å². The van der Waals surface area contributed by atoms with Crippen LogP contribution in [0.25, 0.3) is 11.5 Å². The maximum atomic E-state index is 12.8. The van der Waals surface area contributed by atoms with Crippen molar-refractivity contribution in [1.29, 1.82) is 5.26 Å². The van der Waals surface area contributed by atoms with Crippen LogP contribution in [0.3, 0.4) is 0 Å². The number of aromatic nitrogens is 2. The van der Waals surface area contributed by atoms with Crippen molar-refractivity contribution in [1.82, 2.24) is 13.9 Å². The number of nitrogens with zero attached hydrogens (tertiary/aromatic N) is 5. The molecule has 2 bridgehead atoms. The Balaban J connectivity index is 1.43. The first-order valence-electron chi connectivity index (χ1n) is 11.8. The van der Waals surface area contributed by atoms with Crippen molar-refractivity contribution in [3.8, 4) is 17.5 Å². The Bertz CT molecular complexity index is 1450. The third-order valence-corrected chi connectivity index (χ3v) is 8.99. The molecule has 0 N–H and O–H groups in total. The number of benzene rings is 1. The fourth-order valence-corrected chi connectivity index (χ4v) is 6.73. The highest BCUT2D eigenvalue weighted by Crippen LogP contribution is 2.39. The Morgan fingerprint density at radius 2 is 1.86 bits per heavy atom. The Morgan fingerprint density at radius 1 is 1.11 bits per heavy atom. The van der Waals surface area contributed by atoms with E-state index in [1.807, 2.05) is 15.5 Å². The Labute approximate surface area is 204 Å². The SMILES string of the molecule is CCN(CC)S(=O)(=O)c1ccc(-c2nc(C#N)c(N3CC4CC(C3)c3cccc(=O)n3C4)o2)cc1. The summed E-state index contributed by atoms with van der Waals surface area (Å²) in [4.78, 5) is 19.0. The lowest BCUT2D eigenvalue weighted by Gasteiger charge is -2.42. The van der Waals surface area contributed by atoms with Crippen molar-refractivity contribution in [2.75, 3.05) is 31.1 Å². The van der Waals surface area contributed by atoms with Crippen LogP contribution in [0.5, 0.6) is 0 Å². The van der Waals surface area contributed by atoms with E-state index in [0.717, 1.165) is 12.1 Å². The lowest BCUT2D eigenvalue weighted by Crippen LogP contribution is -2.47. The summed E-state index contributed by atoms with van der Waals surface area (Å²) in [5.74, 6) is 1.13. The predicted molar refractivity (Wildman–Crippen MR) is 131 cm³/mol. The standard InChI is InChI=1S/C25H27N5O4S/c1-3-29(4-2)35(32,33)20-10-8-18(9-11-20)24-27-21(13-26)25(34-24)28-14-17-12-19(16-28)22-6-5-7-23(31)30(22)15-17/h5-11,17,19H,3-4,12,14-16H2,1-2H3. The fraction of sp³-hybridized carbons (Fsp3) is 0.400. The van der Waals surface area contributed by atoms with Crippen molar-refractivity contribution >= 4 is 15.9 Å². The van der Waals surface area contributed by atoms with E-state index in [2.05, 4.69) is 11.1 Å². The molecule has 2 unspecified atom stereocenters. The van der Waals surface area contributed by atoms with Gasteiger partial charge in [-0.25, -0.2) is 8.42 Å². The van der Waals surface area contributed by atoms with Crippen LogP contribution in [0, 0.1) is 17.2 Å². The number of anilines is 1. The topological polar surface area (TPSA) is 112 Å². The van der Waals surface area contributed by atoms with E-state index in [9.17, 15) is 18.5 Å². The van der Waals surface area contributed by atoms with Gasteiger partial charge in [-0.05, 0) is 42.7 Å². The largest absolute Gasteiger partial charge is 0.419 e. The van der Waals surface area contributed by atoms with E-state index in [1.54, 1.807) is 50.2 Å². The molecule has 1 aromatic carbocycles. The third kappa shape index (κ3) is 4.05. The van der Waals surface area contributed by atoms with Gasteiger partial charge in [0.1, 0.15) is 6.07 Å². The quantitative estimate of drug-likeness (QED) is 0.519. The second kappa shape index (κ2) is 8.98. The van der Waals surface area contributed by atoms with Crippen LogP contribution >= 0.6 is 0 Å². The summed E-state index contributed by atoms with van der Waals surface area (Å²) in [6.07, 6.45) is 0.991. The van der Waals surface area contributed by atoms with Crippen LogP contribution in [-0.2, 0) is 16.6 Å². The molecule has 4 heterocycles. The lowest BCUT2D eigenvalue weighted by molar-refractivity contribution is 0.275. The molecule has 3 aromatic rings. The Kier molecular flexibility index (Phi) is 5.99. The van der Waals surface area contributed by atoms with Crippen LogP contribution in [0.1, 0.15) is 37.6 Å². The predicted octanol–water partition coefficient (Wildman–Crippen LogP) is 3.03. The van der Waals surface area contributed by atoms with Gasteiger partial charge >= 0.3 is 0 Å². The number of rotatable bonds is 6. The minimum absolute atomic E-state index is 0.0248. The molecule has 0 radical (unpaired) electrons. The first-order chi connectivity index (χ1) is 16.8. The fourth-order valence-electron chi connectivity index (χ4n) is 5.27. The van der Waals surface area contributed by atoms with Crippen molar-refractivity contribution < 1.29 is 12.8 Å². The Morgan fingerprint density at radius 3 is 2.54 bits per heavy atom. The monoisotopic (exact) mass is 493 g/mol. The zero-order valence-corrected chi connectivity index (χ0v) is 20.5. The van der Waals surface area contributed by atoms with Gasteiger partial charge in [-0.2, -0.15) is 14.6 Å². The zero-order valence-electron chi connectivity index (χ0n) is 19.7. The van der Waals surface area contributed by atoms with Gasteiger partial charge in [-0.15, -0.1) is 0 Å². The van der Waals surface area contributed by atoms with Gasteiger partial charge < -0.3 is 13.9 Å². The second-order valence-corrected chi connectivity index (χ2v) is 10.9. The molecule has 9 nitrogen and oxygen atoms in total. The first-order valence-corrected chi connectivity index (χ1v) is 13.3. The molecule has 0 spiro atoms. The maximum absolute atomic E-state index is 12.8. The van der Waals surface area contributed by atoms with E-state index in [4.69, 9.17) is 4.42 Å². The van der Waals surface area contributed by atoms with Gasteiger partial charge in [0, 0.05) is 56.0 Å². The molecule has 0 saturated carbocycles. The average molecular weight is 494 g/mol. The molecule has 2 aromatic heterocycles. The van der Waals surface area contributed by atoms with Crippen molar-refractivity contribution in [3.05, 3.63) is 64.2 Å². The number of hydrogen-bond acceptors (Lipinski definition) is 7. The van der Waals surface area contributed by atoms with Crippen LogP contribution in [-0.4, -0.2) is 48.5 Å². The zero-order chi connectivity index (χ0) is 24.7. The van der Waals surface area contributed by atoms with Gasteiger partial charge in [0.05, 0.1) is 4.90 Å². The molecule has 1 fully saturated rings. The molecular formula is C25H27N5O4S. The third-order valence-electron chi connectivity index (χ3n) is 6.93. The van der Waals surface area contributed by atoms with Gasteiger partial charge in [-0.1, -0.05) is 19.9 Å². The number of fused-ring (bicyclic) bond motifs is 4. The molecule has 2 aliphatic heterocycles. The van der Waals surface area contributed by atoms with Crippen molar-refractivity contribution in [2.45, 2.75) is 37.6 Å². The lowest BCUT2D eigenvalue weighted by atomic mass is 9.83. The highest BCUT2D eigenvalue weighted by molar-refractivity contribution is 7.89. The Hall–Kier alpha value is -3.42. The summed E-state index contributed by atoms with van der Waals surface area (Å²) in [5, 5.41) is 9.74.